The third-order valence-electron chi connectivity index (χ3n) is 5.12. The standard InChI is InChI=1S/C23H20N2O6S/c1-30-16-9-13(7-8-15(16)31-11-17(24)26)14-10-18(27)25-20-19(12-5-3-2-4-6-12)22(23(28)29)32-21(14)20/h2-9,14H,10-11H2,1H3,(H2,24,26)(H,25,27)(H,28,29)/t14-/m1/s1. The maximum absolute atomic E-state index is 12.6. The molecule has 0 fully saturated rings. The van der Waals surface area contributed by atoms with Gasteiger partial charge in [-0.15, -0.1) is 11.3 Å². The largest absolute Gasteiger partial charge is 0.493 e. The molecule has 8 nitrogen and oxygen atoms in total. The molecule has 0 unspecified atom stereocenters. The van der Waals surface area contributed by atoms with Crippen molar-refractivity contribution in [3.05, 3.63) is 63.8 Å². The van der Waals surface area contributed by atoms with Crippen molar-refractivity contribution in [3.63, 3.8) is 0 Å². The molecule has 1 aromatic heterocycles. The number of ether oxygens (including phenoxy) is 2. The molecule has 9 heteroatoms. The van der Waals surface area contributed by atoms with E-state index in [2.05, 4.69) is 5.32 Å². The zero-order chi connectivity index (χ0) is 22.8. The first-order valence-corrected chi connectivity index (χ1v) is 10.5. The van der Waals surface area contributed by atoms with Gasteiger partial charge in [0.05, 0.1) is 12.8 Å². The highest BCUT2D eigenvalue weighted by molar-refractivity contribution is 7.15. The Morgan fingerprint density at radius 2 is 1.94 bits per heavy atom. The van der Waals surface area contributed by atoms with E-state index >= 15 is 0 Å². The normalized spacial score (nSPS) is 14.9. The van der Waals surface area contributed by atoms with E-state index in [4.69, 9.17) is 15.2 Å². The molecule has 32 heavy (non-hydrogen) atoms. The van der Waals surface area contributed by atoms with E-state index in [1.54, 1.807) is 18.2 Å². The Morgan fingerprint density at radius 1 is 1.19 bits per heavy atom. The van der Waals surface area contributed by atoms with Crippen LogP contribution in [-0.4, -0.2) is 36.6 Å². The van der Waals surface area contributed by atoms with Crippen LogP contribution in [0.5, 0.6) is 11.5 Å². The molecular formula is C23H20N2O6S. The van der Waals surface area contributed by atoms with Crippen LogP contribution < -0.4 is 20.5 Å². The summed E-state index contributed by atoms with van der Waals surface area (Å²) in [5.41, 5.74) is 7.65. The van der Waals surface area contributed by atoms with Crippen LogP contribution in [0.1, 0.15) is 32.5 Å². The van der Waals surface area contributed by atoms with Gasteiger partial charge in [-0.1, -0.05) is 36.4 Å². The average molecular weight is 452 g/mol. The molecule has 4 N–H and O–H groups in total. The van der Waals surface area contributed by atoms with Crippen LogP contribution in [0.4, 0.5) is 5.69 Å². The molecule has 0 aliphatic carbocycles. The van der Waals surface area contributed by atoms with Gasteiger partial charge in [0.1, 0.15) is 4.88 Å². The lowest BCUT2D eigenvalue weighted by molar-refractivity contribution is -0.120. The summed E-state index contributed by atoms with van der Waals surface area (Å²) in [6, 6.07) is 14.3. The fourth-order valence-electron chi connectivity index (χ4n) is 3.76. The third-order valence-corrected chi connectivity index (χ3v) is 6.41. The van der Waals surface area contributed by atoms with E-state index in [0.29, 0.717) is 22.7 Å². The highest BCUT2D eigenvalue weighted by Gasteiger charge is 2.34. The maximum atomic E-state index is 12.6. The molecule has 2 amide bonds. The quantitative estimate of drug-likeness (QED) is 0.504. The Hall–Kier alpha value is -3.85. The number of nitrogens with one attached hydrogen (secondary N) is 1. The summed E-state index contributed by atoms with van der Waals surface area (Å²) >= 11 is 1.15. The number of rotatable bonds is 7. The molecule has 4 rings (SSSR count). The van der Waals surface area contributed by atoms with Crippen molar-refractivity contribution in [3.8, 4) is 22.6 Å². The smallest absolute Gasteiger partial charge is 0.346 e. The number of nitrogens with two attached hydrogens (primary N) is 1. The molecule has 1 atom stereocenters. The number of benzene rings is 2. The number of thiophene rings is 1. The van der Waals surface area contributed by atoms with Crippen LogP contribution in [0.3, 0.4) is 0 Å². The van der Waals surface area contributed by atoms with Gasteiger partial charge in [0.2, 0.25) is 5.91 Å². The number of carbonyl (C=O) groups excluding carboxylic acids is 2. The van der Waals surface area contributed by atoms with Crippen LogP contribution in [0.2, 0.25) is 0 Å². The van der Waals surface area contributed by atoms with Crippen molar-refractivity contribution in [2.24, 2.45) is 5.73 Å². The minimum atomic E-state index is -1.05. The average Bonchev–Trinajstić information content (AvgIpc) is 3.17. The van der Waals surface area contributed by atoms with Crippen molar-refractivity contribution in [2.75, 3.05) is 19.0 Å². The number of aromatic carboxylic acids is 1. The minimum Gasteiger partial charge on any atom is -0.493 e. The summed E-state index contributed by atoms with van der Waals surface area (Å²) in [6.07, 6.45) is 0.158. The summed E-state index contributed by atoms with van der Waals surface area (Å²) in [7, 11) is 1.47. The van der Waals surface area contributed by atoms with Gasteiger partial charge in [-0.05, 0) is 23.3 Å². The number of methoxy groups -OCH3 is 1. The predicted octanol–water partition coefficient (Wildman–Crippen LogP) is 3.46. The van der Waals surface area contributed by atoms with Gasteiger partial charge < -0.3 is 25.6 Å². The maximum Gasteiger partial charge on any atom is 0.346 e. The Labute approximate surface area is 187 Å². The van der Waals surface area contributed by atoms with Crippen molar-refractivity contribution in [1.29, 1.82) is 0 Å². The van der Waals surface area contributed by atoms with Gasteiger partial charge in [0, 0.05) is 22.8 Å². The third kappa shape index (κ3) is 4.02. The molecular weight excluding hydrogens is 432 g/mol. The highest BCUT2D eigenvalue weighted by Crippen LogP contribution is 2.50. The number of carbonyl (C=O) groups is 3. The number of fused-ring (bicyclic) bond motifs is 1. The highest BCUT2D eigenvalue weighted by atomic mass is 32.1. The van der Waals surface area contributed by atoms with Crippen LogP contribution in [0.25, 0.3) is 11.1 Å². The molecule has 2 heterocycles. The van der Waals surface area contributed by atoms with Gasteiger partial charge in [0.25, 0.3) is 5.91 Å². The summed E-state index contributed by atoms with van der Waals surface area (Å²) in [5, 5.41) is 12.7. The lowest BCUT2D eigenvalue weighted by Gasteiger charge is -2.24. The Bertz CT molecular complexity index is 1200. The minimum absolute atomic E-state index is 0.158. The fourth-order valence-corrected chi connectivity index (χ4v) is 5.00. The van der Waals surface area contributed by atoms with Crippen molar-refractivity contribution >= 4 is 34.8 Å². The van der Waals surface area contributed by atoms with E-state index in [-0.39, 0.29) is 29.7 Å². The number of hydrogen-bond donors (Lipinski definition) is 3. The fraction of sp³-hybridized carbons (Fsp3) is 0.174. The zero-order valence-corrected chi connectivity index (χ0v) is 17.9. The monoisotopic (exact) mass is 452 g/mol. The number of hydrogen-bond acceptors (Lipinski definition) is 6. The molecule has 0 bridgehead atoms. The van der Waals surface area contributed by atoms with Crippen molar-refractivity contribution in [1.82, 2.24) is 0 Å². The van der Waals surface area contributed by atoms with Gasteiger partial charge in [-0.3, -0.25) is 9.59 Å². The van der Waals surface area contributed by atoms with Crippen molar-refractivity contribution in [2.45, 2.75) is 12.3 Å². The molecule has 0 spiro atoms. The number of primary amides is 1. The van der Waals surface area contributed by atoms with E-state index in [1.807, 2.05) is 30.3 Å². The first-order valence-electron chi connectivity index (χ1n) is 9.73. The Balaban J connectivity index is 1.81. The molecule has 0 radical (unpaired) electrons. The van der Waals surface area contributed by atoms with Gasteiger partial charge >= 0.3 is 5.97 Å². The SMILES string of the molecule is COc1cc([C@H]2CC(=O)Nc3c2sc(C(=O)O)c3-c2ccccc2)ccc1OCC(N)=O. The Kier molecular flexibility index (Phi) is 5.83. The second-order valence-corrected chi connectivity index (χ2v) is 8.24. The molecule has 1 aliphatic rings. The number of carboxylic acid groups (broad SMARTS) is 1. The summed E-state index contributed by atoms with van der Waals surface area (Å²) < 4.78 is 10.8. The number of amides is 2. The lowest BCUT2D eigenvalue weighted by Crippen LogP contribution is -2.22. The van der Waals surface area contributed by atoms with Crippen molar-refractivity contribution < 1.29 is 29.0 Å². The molecule has 2 aromatic carbocycles. The molecule has 0 saturated carbocycles. The second-order valence-electron chi connectivity index (χ2n) is 7.19. The summed E-state index contributed by atoms with van der Waals surface area (Å²) in [6.45, 7) is -0.293. The first kappa shape index (κ1) is 21.4. The molecule has 164 valence electrons. The van der Waals surface area contributed by atoms with E-state index in [1.165, 1.54) is 7.11 Å². The molecule has 3 aromatic rings. The first-order chi connectivity index (χ1) is 15.4. The lowest BCUT2D eigenvalue weighted by atomic mass is 9.88. The van der Waals surface area contributed by atoms with Crippen LogP contribution >= 0.6 is 11.3 Å². The summed E-state index contributed by atoms with van der Waals surface area (Å²) in [4.78, 5) is 36.6. The van der Waals surface area contributed by atoms with Gasteiger partial charge in [0.15, 0.2) is 18.1 Å². The predicted molar refractivity (Wildman–Crippen MR) is 119 cm³/mol. The van der Waals surface area contributed by atoms with Crippen LogP contribution in [0, 0.1) is 0 Å². The van der Waals surface area contributed by atoms with Gasteiger partial charge in [-0.25, -0.2) is 4.79 Å². The second kappa shape index (κ2) is 8.72. The molecule has 0 saturated heterocycles. The summed E-state index contributed by atoms with van der Waals surface area (Å²) in [5.74, 6) is -1.50. The van der Waals surface area contributed by atoms with E-state index in [9.17, 15) is 19.5 Å². The van der Waals surface area contributed by atoms with Crippen LogP contribution in [0.15, 0.2) is 48.5 Å². The zero-order valence-electron chi connectivity index (χ0n) is 17.1. The van der Waals surface area contributed by atoms with Gasteiger partial charge in [-0.2, -0.15) is 0 Å². The number of carboxylic acids is 1. The van der Waals surface area contributed by atoms with E-state index in [0.717, 1.165) is 27.3 Å². The number of anilines is 1. The molecule has 1 aliphatic heterocycles. The van der Waals surface area contributed by atoms with Crippen LogP contribution in [-0.2, 0) is 9.59 Å². The topological polar surface area (TPSA) is 128 Å². The van der Waals surface area contributed by atoms with E-state index < -0.39 is 11.9 Å². The Morgan fingerprint density at radius 3 is 2.59 bits per heavy atom.